The van der Waals surface area contributed by atoms with Crippen LogP contribution in [0.1, 0.15) is 20.8 Å². The summed E-state index contributed by atoms with van der Waals surface area (Å²) in [6.07, 6.45) is -1.44. The highest BCUT2D eigenvalue weighted by Gasteiger charge is 2.61. The zero-order valence-corrected chi connectivity index (χ0v) is 22.3. The van der Waals surface area contributed by atoms with E-state index in [1.807, 2.05) is 6.07 Å². The van der Waals surface area contributed by atoms with Gasteiger partial charge in [-0.15, -0.1) is 0 Å². The van der Waals surface area contributed by atoms with Crippen molar-refractivity contribution in [3.8, 4) is 5.75 Å². The Morgan fingerprint density at radius 1 is 1.30 bits per heavy atom. The largest absolute Gasteiger partial charge is 0.462 e. The second-order valence-corrected chi connectivity index (χ2v) is 12.4. The van der Waals surface area contributed by atoms with E-state index in [9.17, 15) is 19.5 Å². The fourth-order valence-electron chi connectivity index (χ4n) is 4.11. The fourth-order valence-corrected chi connectivity index (χ4v) is 6.55. The van der Waals surface area contributed by atoms with E-state index in [-0.39, 0.29) is 25.9 Å². The smallest absolute Gasteiger partial charge is 0.328 e. The van der Waals surface area contributed by atoms with E-state index in [0.29, 0.717) is 5.75 Å². The molecule has 1 aromatic carbocycles. The molecule has 0 saturated carbocycles. The summed E-state index contributed by atoms with van der Waals surface area (Å²) in [6, 6.07) is 9.15. The number of hydrogen-bond acceptors (Lipinski definition) is 10. The number of aromatic nitrogens is 2. The zero-order chi connectivity index (χ0) is 26.8. The number of aromatic amines is 1. The molecule has 2 aliphatic heterocycles. The highest BCUT2D eigenvalue weighted by Crippen LogP contribution is 2.49. The molecule has 202 valence electrons. The Labute approximate surface area is 218 Å². The number of nitrogens with one attached hydrogen (secondary N) is 2. The molecule has 12 nitrogen and oxygen atoms in total. The van der Waals surface area contributed by atoms with E-state index >= 15 is 0 Å². The van der Waals surface area contributed by atoms with Gasteiger partial charge in [-0.3, -0.25) is 19.1 Å². The molecule has 2 saturated heterocycles. The Hall–Kier alpha value is -2.38. The van der Waals surface area contributed by atoms with Crippen LogP contribution in [0.3, 0.4) is 0 Å². The van der Waals surface area contributed by atoms with Crippen LogP contribution in [-0.2, 0) is 41.9 Å². The van der Waals surface area contributed by atoms with Gasteiger partial charge in [-0.05, 0) is 44.7 Å². The number of fused-ring (bicyclic) bond motifs is 2. The molecule has 3 N–H and O–H groups in total. The van der Waals surface area contributed by atoms with E-state index in [1.54, 1.807) is 45.0 Å². The van der Waals surface area contributed by atoms with Crippen LogP contribution in [-0.4, -0.2) is 69.9 Å². The van der Waals surface area contributed by atoms with Crippen molar-refractivity contribution < 1.29 is 33.2 Å². The molecule has 2 aliphatic rings. The molecule has 1 aromatic heterocycles. The van der Waals surface area contributed by atoms with Crippen molar-refractivity contribution >= 4 is 24.4 Å². The predicted octanol–water partition coefficient (Wildman–Crippen LogP) is 0.684. The van der Waals surface area contributed by atoms with Crippen LogP contribution in [0, 0.1) is 0 Å². The molecule has 37 heavy (non-hydrogen) atoms. The number of esters is 1. The minimum atomic E-state index is -3.37. The number of para-hydroxylation sites is 1. The number of H-pyrrole nitrogens is 1. The summed E-state index contributed by atoms with van der Waals surface area (Å²) >= 11 is 5.73. The van der Waals surface area contributed by atoms with Crippen LogP contribution < -0.4 is 20.9 Å². The molecule has 3 heterocycles. The minimum Gasteiger partial charge on any atom is -0.462 e. The van der Waals surface area contributed by atoms with Crippen molar-refractivity contribution in [3.05, 3.63) is 63.4 Å². The summed E-state index contributed by atoms with van der Waals surface area (Å²) in [4.78, 5) is 38.1. The van der Waals surface area contributed by atoms with Crippen molar-refractivity contribution in [2.75, 3.05) is 13.2 Å². The first kappa shape index (κ1) is 27.6. The number of benzene rings is 1. The normalized spacial score (nSPS) is 27.1. The molecule has 2 fully saturated rings. The summed E-state index contributed by atoms with van der Waals surface area (Å²) < 4.78 is 30.5. The molecule has 0 aliphatic carbocycles. The van der Waals surface area contributed by atoms with Crippen LogP contribution >= 0.6 is 6.64 Å². The Morgan fingerprint density at radius 2 is 2.03 bits per heavy atom. The molecule has 0 radical (unpaired) electrons. The number of ether oxygens (including phenoxy) is 3. The molecule has 0 spiro atoms. The first-order valence-electron chi connectivity index (χ1n) is 11.7. The molecule has 2 bridgehead atoms. The Balaban J connectivity index is 1.49. The average molecular weight is 556 g/mol. The highest BCUT2D eigenvalue weighted by atomic mass is 32.5. The van der Waals surface area contributed by atoms with Crippen molar-refractivity contribution in [2.24, 2.45) is 0 Å². The first-order valence-corrected chi connectivity index (χ1v) is 14.4. The van der Waals surface area contributed by atoms with Gasteiger partial charge in [0.05, 0.1) is 25.9 Å². The third kappa shape index (κ3) is 6.37. The Morgan fingerprint density at radius 3 is 2.70 bits per heavy atom. The summed E-state index contributed by atoms with van der Waals surface area (Å²) in [6.45, 7) is 1.57. The topological polar surface area (TPSA) is 150 Å². The van der Waals surface area contributed by atoms with Gasteiger partial charge >= 0.3 is 18.3 Å². The third-order valence-corrected chi connectivity index (χ3v) is 8.38. The molecule has 0 amide bonds. The number of aliphatic hydroxyl groups is 1. The number of hydrogen-bond donors (Lipinski definition) is 3. The van der Waals surface area contributed by atoms with Crippen molar-refractivity contribution in [3.63, 3.8) is 0 Å². The van der Waals surface area contributed by atoms with Crippen LogP contribution in [0.4, 0.5) is 0 Å². The quantitative estimate of drug-likeness (QED) is 0.265. The summed E-state index contributed by atoms with van der Waals surface area (Å²) in [5.74, 6) is -0.0838. The van der Waals surface area contributed by atoms with E-state index in [1.165, 1.54) is 16.8 Å². The van der Waals surface area contributed by atoms with Crippen LogP contribution in [0.15, 0.2) is 52.2 Å². The monoisotopic (exact) mass is 555 g/mol. The lowest BCUT2D eigenvalue weighted by Gasteiger charge is -2.33. The Kier molecular flexibility index (Phi) is 8.34. The standard InChI is InChI=1S/C23H30N3O9PS/c1-14(2)33-21(29)15(3)25-36(37,35-16-7-5-4-6-8-16)32-13-23-12-31-19(20(23)28)17(34-23)11-26-10-9-18(27)24-22(26)30/h4-10,14-15,17,19-20,28H,11-13H2,1-3H3,(H,25,37)(H,24,27,30)/t15-,17+,19+,20+,23-,36?/m1/s1. The van der Waals surface area contributed by atoms with Gasteiger partial charge in [0.15, 0.2) is 0 Å². The maximum atomic E-state index is 12.4. The molecule has 1 unspecified atom stereocenters. The molecular formula is C23H30N3O9PS. The summed E-state index contributed by atoms with van der Waals surface area (Å²) in [5, 5.41) is 13.9. The average Bonchev–Trinajstić information content (AvgIpc) is 3.29. The highest BCUT2D eigenvalue weighted by molar-refractivity contribution is 8.09. The molecule has 14 heteroatoms. The minimum absolute atomic E-state index is 0.0292. The number of nitrogens with zero attached hydrogens (tertiary/aromatic N) is 1. The van der Waals surface area contributed by atoms with E-state index in [4.69, 9.17) is 35.1 Å². The van der Waals surface area contributed by atoms with E-state index in [2.05, 4.69) is 10.1 Å². The zero-order valence-electron chi connectivity index (χ0n) is 20.6. The van der Waals surface area contributed by atoms with Gasteiger partial charge in [0.2, 0.25) is 0 Å². The van der Waals surface area contributed by atoms with Gasteiger partial charge < -0.3 is 28.4 Å². The Bertz CT molecular complexity index is 1270. The second kappa shape index (κ2) is 11.2. The number of rotatable bonds is 11. The lowest BCUT2D eigenvalue weighted by Crippen LogP contribution is -2.46. The van der Waals surface area contributed by atoms with Gasteiger partial charge in [-0.2, -0.15) is 0 Å². The van der Waals surface area contributed by atoms with Gasteiger partial charge in [0, 0.05) is 12.3 Å². The van der Waals surface area contributed by atoms with Gasteiger partial charge in [-0.25, -0.2) is 9.88 Å². The SMILES string of the molecule is CC(C)OC(=O)[C@@H](C)NP(=S)(OC[C@@]12CO[C@@H]([C@H](Cn3ccc(=O)[nH]c3=O)O1)[C@@H]2O)Oc1ccccc1. The maximum absolute atomic E-state index is 12.4. The number of carbonyl (C=O) groups is 1. The van der Waals surface area contributed by atoms with Gasteiger partial charge in [0.25, 0.3) is 5.56 Å². The van der Waals surface area contributed by atoms with Crippen LogP contribution in [0.2, 0.25) is 0 Å². The van der Waals surface area contributed by atoms with Gasteiger partial charge in [-0.1, -0.05) is 18.2 Å². The first-order chi connectivity index (χ1) is 17.5. The van der Waals surface area contributed by atoms with Crippen LogP contribution in [0.5, 0.6) is 5.75 Å². The third-order valence-electron chi connectivity index (χ3n) is 5.90. The van der Waals surface area contributed by atoms with E-state index in [0.717, 1.165) is 0 Å². The molecule has 6 atom stereocenters. The van der Waals surface area contributed by atoms with Crippen molar-refractivity contribution in [2.45, 2.75) is 63.4 Å². The lowest BCUT2D eigenvalue weighted by atomic mass is 10.00. The van der Waals surface area contributed by atoms with E-state index < -0.39 is 53.8 Å². The lowest BCUT2D eigenvalue weighted by molar-refractivity contribution is -0.161. The van der Waals surface area contributed by atoms with Crippen LogP contribution in [0.25, 0.3) is 0 Å². The number of carbonyl (C=O) groups excluding carboxylic acids is 1. The molecular weight excluding hydrogens is 525 g/mol. The predicted molar refractivity (Wildman–Crippen MR) is 136 cm³/mol. The van der Waals surface area contributed by atoms with Crippen molar-refractivity contribution in [1.29, 1.82) is 0 Å². The summed E-state index contributed by atoms with van der Waals surface area (Å²) in [5.41, 5.74) is -2.38. The van der Waals surface area contributed by atoms with Gasteiger partial charge in [0.1, 0.15) is 35.7 Å². The number of aliphatic hydroxyl groups excluding tert-OH is 1. The second-order valence-electron chi connectivity index (χ2n) is 9.22. The van der Waals surface area contributed by atoms with Crippen molar-refractivity contribution in [1.82, 2.24) is 14.6 Å². The molecule has 4 rings (SSSR count). The fraction of sp³-hybridized carbons (Fsp3) is 0.522. The summed E-state index contributed by atoms with van der Waals surface area (Å²) in [7, 11) is 0. The maximum Gasteiger partial charge on any atom is 0.328 e. The molecule has 2 aromatic rings.